The van der Waals surface area contributed by atoms with Crippen LogP contribution >= 0.6 is 23.2 Å². The first-order valence-electron chi connectivity index (χ1n) is 7.62. The van der Waals surface area contributed by atoms with E-state index in [1.165, 1.54) is 24.0 Å². The maximum atomic E-state index is 12.8. The molecular formula is C18H15Cl2NO5. The predicted molar refractivity (Wildman–Crippen MR) is 97.5 cm³/mol. The lowest BCUT2D eigenvalue weighted by atomic mass is 10.1. The van der Waals surface area contributed by atoms with Crippen LogP contribution in [-0.4, -0.2) is 29.2 Å². The van der Waals surface area contributed by atoms with Crippen LogP contribution < -0.4 is 14.4 Å². The van der Waals surface area contributed by atoms with Crippen molar-refractivity contribution in [2.45, 2.75) is 18.5 Å². The van der Waals surface area contributed by atoms with E-state index in [1.54, 1.807) is 31.4 Å². The number of aromatic carboxylic acids is 1. The number of carbonyl (C=O) groups is 2. The van der Waals surface area contributed by atoms with Crippen molar-refractivity contribution in [1.82, 2.24) is 0 Å². The number of halogens is 2. The van der Waals surface area contributed by atoms with E-state index in [9.17, 15) is 14.7 Å². The number of anilines is 1. The summed E-state index contributed by atoms with van der Waals surface area (Å²) in [5.74, 6) is -1.05. The summed E-state index contributed by atoms with van der Waals surface area (Å²) in [6, 6.07) is 9.88. The summed E-state index contributed by atoms with van der Waals surface area (Å²) in [6.07, 6.45) is 0. The lowest BCUT2D eigenvalue weighted by Crippen LogP contribution is -2.50. The molecule has 0 radical (unpaired) electrons. The third-order valence-corrected chi connectivity index (χ3v) is 4.43. The Hall–Kier alpha value is -2.44. The van der Waals surface area contributed by atoms with E-state index in [1.807, 2.05) is 0 Å². The van der Waals surface area contributed by atoms with E-state index in [0.717, 1.165) is 5.56 Å². The second-order valence-electron chi connectivity index (χ2n) is 5.86. The van der Waals surface area contributed by atoms with Crippen molar-refractivity contribution >= 4 is 40.8 Å². The summed E-state index contributed by atoms with van der Waals surface area (Å²) in [6.45, 7) is 1.54. The zero-order valence-electron chi connectivity index (χ0n) is 14.0. The first kappa shape index (κ1) is 18.4. The predicted octanol–water partition coefficient (Wildman–Crippen LogP) is 3.93. The second kappa shape index (κ2) is 6.70. The van der Waals surface area contributed by atoms with Gasteiger partial charge in [0.1, 0.15) is 11.3 Å². The zero-order valence-corrected chi connectivity index (χ0v) is 15.5. The van der Waals surface area contributed by atoms with Crippen LogP contribution in [-0.2, 0) is 11.3 Å². The fourth-order valence-corrected chi connectivity index (χ4v) is 3.09. The van der Waals surface area contributed by atoms with E-state index >= 15 is 0 Å². The van der Waals surface area contributed by atoms with Crippen LogP contribution in [0.15, 0.2) is 36.4 Å². The molecule has 3 rings (SSSR count). The largest absolute Gasteiger partial charge is 0.497 e. The van der Waals surface area contributed by atoms with Crippen molar-refractivity contribution < 1.29 is 24.2 Å². The molecule has 136 valence electrons. The van der Waals surface area contributed by atoms with Gasteiger partial charge in [-0.05, 0) is 36.8 Å². The van der Waals surface area contributed by atoms with Gasteiger partial charge in [-0.25, -0.2) is 4.79 Å². The number of carboxylic acids is 1. The van der Waals surface area contributed by atoms with E-state index in [4.69, 9.17) is 32.7 Å². The quantitative estimate of drug-likeness (QED) is 0.793. The van der Waals surface area contributed by atoms with E-state index in [0.29, 0.717) is 5.75 Å². The minimum Gasteiger partial charge on any atom is -0.497 e. The normalized spacial score (nSPS) is 18.9. The van der Waals surface area contributed by atoms with Crippen LogP contribution in [0.5, 0.6) is 11.5 Å². The van der Waals surface area contributed by atoms with Gasteiger partial charge < -0.3 is 14.6 Å². The average Bonchev–Trinajstić information content (AvgIpc) is 2.59. The summed E-state index contributed by atoms with van der Waals surface area (Å²) < 4.78 is 10.6. The number of hydrogen-bond acceptors (Lipinski definition) is 4. The van der Waals surface area contributed by atoms with Crippen LogP contribution in [0.1, 0.15) is 22.8 Å². The molecule has 1 heterocycles. The molecule has 1 aliphatic heterocycles. The van der Waals surface area contributed by atoms with Crippen molar-refractivity contribution in [2.24, 2.45) is 0 Å². The topological polar surface area (TPSA) is 76.1 Å². The number of carboxylic acid groups (broad SMARTS) is 1. The van der Waals surface area contributed by atoms with Crippen molar-refractivity contribution in [3.8, 4) is 11.5 Å². The van der Waals surface area contributed by atoms with Crippen LogP contribution in [0.2, 0.25) is 5.02 Å². The minimum atomic E-state index is -1.72. The number of rotatable bonds is 4. The van der Waals surface area contributed by atoms with E-state index < -0.39 is 16.9 Å². The molecule has 1 unspecified atom stereocenters. The Kier molecular flexibility index (Phi) is 4.73. The maximum absolute atomic E-state index is 12.8. The van der Waals surface area contributed by atoms with Gasteiger partial charge in [-0.3, -0.25) is 9.69 Å². The van der Waals surface area contributed by atoms with Crippen LogP contribution in [0.25, 0.3) is 0 Å². The Bertz CT molecular complexity index is 880. The molecule has 0 bridgehead atoms. The molecule has 0 saturated heterocycles. The molecular weight excluding hydrogens is 381 g/mol. The molecule has 2 aromatic carbocycles. The fraction of sp³-hybridized carbons (Fsp3) is 0.222. The highest BCUT2D eigenvalue weighted by atomic mass is 35.5. The molecule has 1 amide bonds. The van der Waals surface area contributed by atoms with Gasteiger partial charge in [0.25, 0.3) is 11.0 Å². The molecule has 1 aliphatic rings. The molecule has 0 spiro atoms. The third-order valence-electron chi connectivity index (χ3n) is 3.98. The number of methoxy groups -OCH3 is 1. The summed E-state index contributed by atoms with van der Waals surface area (Å²) in [5.41, 5.74) is 0.900. The molecule has 6 nitrogen and oxygen atoms in total. The molecule has 0 fully saturated rings. The van der Waals surface area contributed by atoms with Crippen LogP contribution in [0.4, 0.5) is 5.69 Å². The van der Waals surface area contributed by atoms with Crippen molar-refractivity contribution in [3.05, 3.63) is 52.5 Å². The number of carbonyl (C=O) groups excluding carboxylic acids is 1. The Morgan fingerprint density at radius 1 is 1.31 bits per heavy atom. The Labute approximate surface area is 159 Å². The highest BCUT2D eigenvalue weighted by Crippen LogP contribution is 2.44. The summed E-state index contributed by atoms with van der Waals surface area (Å²) in [7, 11) is 1.56. The SMILES string of the molecule is COc1ccc(CN2C(=O)C(C)(Cl)Oc3c(C(=O)O)cc(Cl)cc32)cc1. The van der Waals surface area contributed by atoms with Crippen molar-refractivity contribution in [2.75, 3.05) is 12.0 Å². The highest BCUT2D eigenvalue weighted by molar-refractivity contribution is 6.37. The van der Waals surface area contributed by atoms with E-state index in [-0.39, 0.29) is 28.6 Å². The first-order chi connectivity index (χ1) is 12.2. The second-order valence-corrected chi connectivity index (χ2v) is 7.02. The standard InChI is InChI=1S/C18H15Cl2NO5/c1-18(20)17(24)21(9-10-3-5-12(25-2)6-4-10)14-8-11(19)7-13(16(22)23)15(14)26-18/h3-8H,9H2,1-2H3,(H,22,23). The van der Waals surface area contributed by atoms with Gasteiger partial charge in [0, 0.05) is 5.02 Å². The molecule has 1 atom stereocenters. The van der Waals surface area contributed by atoms with Crippen LogP contribution in [0.3, 0.4) is 0 Å². The van der Waals surface area contributed by atoms with Gasteiger partial charge in [0.2, 0.25) is 0 Å². The molecule has 0 aliphatic carbocycles. The molecule has 26 heavy (non-hydrogen) atoms. The average molecular weight is 396 g/mol. The van der Waals surface area contributed by atoms with Gasteiger partial charge in [-0.1, -0.05) is 35.3 Å². The first-order valence-corrected chi connectivity index (χ1v) is 8.38. The van der Waals surface area contributed by atoms with Gasteiger partial charge in [-0.15, -0.1) is 0 Å². The summed E-state index contributed by atoms with van der Waals surface area (Å²) >= 11 is 12.3. The molecule has 0 aromatic heterocycles. The van der Waals surface area contributed by atoms with Gasteiger partial charge >= 0.3 is 5.97 Å². The van der Waals surface area contributed by atoms with Gasteiger partial charge in [0.15, 0.2) is 5.75 Å². The maximum Gasteiger partial charge on any atom is 0.339 e. The Morgan fingerprint density at radius 3 is 2.54 bits per heavy atom. The number of hydrogen-bond donors (Lipinski definition) is 1. The number of fused-ring (bicyclic) bond motifs is 1. The lowest BCUT2D eigenvalue weighted by Gasteiger charge is -2.38. The van der Waals surface area contributed by atoms with E-state index in [2.05, 4.69) is 0 Å². The molecule has 2 aromatic rings. The Balaban J connectivity index is 2.09. The van der Waals surface area contributed by atoms with Crippen molar-refractivity contribution in [1.29, 1.82) is 0 Å². The highest BCUT2D eigenvalue weighted by Gasteiger charge is 2.45. The lowest BCUT2D eigenvalue weighted by molar-refractivity contribution is -0.128. The molecule has 1 N–H and O–H groups in total. The smallest absolute Gasteiger partial charge is 0.339 e. The Morgan fingerprint density at radius 2 is 1.96 bits per heavy atom. The molecule has 8 heteroatoms. The number of benzene rings is 2. The summed E-state index contributed by atoms with van der Waals surface area (Å²) in [5, 5.41) is 7.89. The van der Waals surface area contributed by atoms with Crippen molar-refractivity contribution in [3.63, 3.8) is 0 Å². The molecule has 0 saturated carbocycles. The van der Waals surface area contributed by atoms with Crippen LogP contribution in [0, 0.1) is 0 Å². The number of amides is 1. The zero-order chi connectivity index (χ0) is 19.1. The monoisotopic (exact) mass is 395 g/mol. The number of alkyl halides is 1. The number of ether oxygens (including phenoxy) is 2. The fourth-order valence-electron chi connectivity index (χ4n) is 2.70. The third kappa shape index (κ3) is 3.30. The van der Waals surface area contributed by atoms with Gasteiger partial charge in [0.05, 0.1) is 19.3 Å². The van der Waals surface area contributed by atoms with Gasteiger partial charge in [-0.2, -0.15) is 0 Å². The summed E-state index contributed by atoms with van der Waals surface area (Å²) in [4.78, 5) is 25.7. The minimum absolute atomic E-state index is 0.00696. The number of nitrogens with zero attached hydrogens (tertiary/aromatic N) is 1.